The summed E-state index contributed by atoms with van der Waals surface area (Å²) in [5, 5.41) is 9.19. The molecule has 1 saturated heterocycles. The lowest BCUT2D eigenvalue weighted by Gasteiger charge is -2.28. The number of esters is 1. The Labute approximate surface area is 158 Å². The Bertz CT molecular complexity index is 843. The van der Waals surface area contributed by atoms with Gasteiger partial charge in [-0.3, -0.25) is 0 Å². The van der Waals surface area contributed by atoms with Crippen molar-refractivity contribution in [3.63, 3.8) is 0 Å². The first-order valence-corrected chi connectivity index (χ1v) is 8.94. The van der Waals surface area contributed by atoms with E-state index >= 15 is 0 Å². The first-order chi connectivity index (χ1) is 13.0. The molecular weight excluding hydrogens is 344 g/mol. The van der Waals surface area contributed by atoms with E-state index in [0.717, 1.165) is 31.7 Å². The maximum atomic E-state index is 12.1. The van der Waals surface area contributed by atoms with Crippen molar-refractivity contribution in [2.75, 3.05) is 39.6 Å². The minimum absolute atomic E-state index is 0.118. The number of benzene rings is 1. The van der Waals surface area contributed by atoms with Crippen molar-refractivity contribution in [2.24, 2.45) is 5.92 Å². The summed E-state index contributed by atoms with van der Waals surface area (Å²) in [6.45, 7) is 2.93. The minimum atomic E-state index is -0.586. The molecule has 0 bridgehead atoms. The van der Waals surface area contributed by atoms with Gasteiger partial charge in [0.25, 0.3) is 0 Å². The van der Waals surface area contributed by atoms with Crippen LogP contribution in [0.3, 0.4) is 0 Å². The summed E-state index contributed by atoms with van der Waals surface area (Å²) < 4.78 is 12.3. The Kier molecular flexibility index (Phi) is 5.67. The molecule has 7 nitrogen and oxygen atoms in total. The zero-order valence-corrected chi connectivity index (χ0v) is 15.6. The molecule has 2 N–H and O–H groups in total. The zero-order valence-electron chi connectivity index (χ0n) is 15.6. The van der Waals surface area contributed by atoms with Crippen LogP contribution in [0.5, 0.6) is 5.75 Å². The lowest BCUT2D eigenvalue weighted by Crippen LogP contribution is -2.32. The minimum Gasteiger partial charge on any atom is -0.493 e. The second-order valence-electron chi connectivity index (χ2n) is 6.83. The smallest absolute Gasteiger partial charge is 0.357 e. The van der Waals surface area contributed by atoms with E-state index in [9.17, 15) is 10.1 Å². The summed E-state index contributed by atoms with van der Waals surface area (Å²) in [6, 6.07) is 9.36. The number of nitrogen functional groups attached to an aromatic ring is 1. The van der Waals surface area contributed by atoms with Crippen LogP contribution in [0.4, 0.5) is 5.69 Å². The van der Waals surface area contributed by atoms with Crippen molar-refractivity contribution in [3.8, 4) is 17.5 Å². The van der Waals surface area contributed by atoms with E-state index < -0.39 is 5.97 Å². The van der Waals surface area contributed by atoms with Crippen LogP contribution < -0.4 is 10.5 Å². The molecule has 2 aromatic rings. The van der Waals surface area contributed by atoms with Crippen molar-refractivity contribution in [3.05, 3.63) is 41.7 Å². The van der Waals surface area contributed by atoms with E-state index in [0.29, 0.717) is 18.2 Å². The Morgan fingerprint density at radius 2 is 1.96 bits per heavy atom. The monoisotopic (exact) mass is 368 g/mol. The molecular formula is C20H24N4O3. The van der Waals surface area contributed by atoms with E-state index in [1.54, 1.807) is 4.57 Å². The number of hydrogen-bond donors (Lipinski definition) is 1. The van der Waals surface area contributed by atoms with Crippen molar-refractivity contribution in [1.29, 1.82) is 5.26 Å². The number of nitriles is 1. The second kappa shape index (κ2) is 8.14. The number of carbonyl (C=O) groups is 1. The molecule has 142 valence electrons. The van der Waals surface area contributed by atoms with Gasteiger partial charge in [-0.05, 0) is 63.2 Å². The standard InChI is InChI=1S/C20H24N4O3/c1-23-9-7-14(8-10-23)13-27-17-5-3-16(4-6-17)24-12-15(11-21)18(22)19(24)20(25)26-2/h3-6,12,14H,7-10,13,22H2,1-2H3. The molecule has 1 aromatic heterocycles. The van der Waals surface area contributed by atoms with Gasteiger partial charge in [0.15, 0.2) is 5.69 Å². The highest BCUT2D eigenvalue weighted by Gasteiger charge is 2.22. The SMILES string of the molecule is COC(=O)c1c(N)c(C#N)cn1-c1ccc(OCC2CCN(C)CC2)cc1. The van der Waals surface area contributed by atoms with Crippen LogP contribution in [0, 0.1) is 17.2 Å². The van der Waals surface area contributed by atoms with Gasteiger partial charge in [-0.25, -0.2) is 4.79 Å². The summed E-state index contributed by atoms with van der Waals surface area (Å²) in [6.07, 6.45) is 3.84. The molecule has 0 saturated carbocycles. The third-order valence-corrected chi connectivity index (χ3v) is 4.98. The van der Waals surface area contributed by atoms with Gasteiger partial charge in [-0.1, -0.05) is 0 Å². The molecule has 2 heterocycles. The average molecular weight is 368 g/mol. The number of piperidine rings is 1. The molecule has 1 aliphatic rings. The van der Waals surface area contributed by atoms with Gasteiger partial charge < -0.3 is 24.7 Å². The number of carbonyl (C=O) groups excluding carboxylic acids is 1. The van der Waals surface area contributed by atoms with Crippen LogP contribution in [0.1, 0.15) is 28.9 Å². The molecule has 0 aliphatic carbocycles. The first kappa shape index (κ1) is 18.8. The second-order valence-corrected chi connectivity index (χ2v) is 6.83. The van der Waals surface area contributed by atoms with Gasteiger partial charge in [-0.2, -0.15) is 5.26 Å². The Morgan fingerprint density at radius 3 is 2.56 bits per heavy atom. The Balaban J connectivity index is 1.74. The third kappa shape index (κ3) is 4.07. The number of likely N-dealkylation sites (tertiary alicyclic amines) is 1. The first-order valence-electron chi connectivity index (χ1n) is 8.94. The van der Waals surface area contributed by atoms with Crippen LogP contribution >= 0.6 is 0 Å². The molecule has 1 fully saturated rings. The molecule has 0 unspecified atom stereocenters. The van der Waals surface area contributed by atoms with Gasteiger partial charge >= 0.3 is 5.97 Å². The fourth-order valence-corrected chi connectivity index (χ4v) is 3.26. The molecule has 0 radical (unpaired) electrons. The predicted molar refractivity (Wildman–Crippen MR) is 102 cm³/mol. The average Bonchev–Trinajstić information content (AvgIpc) is 3.03. The number of nitrogens with zero attached hydrogens (tertiary/aromatic N) is 3. The number of rotatable bonds is 5. The highest BCUT2D eigenvalue weighted by molar-refractivity contribution is 5.95. The van der Waals surface area contributed by atoms with Crippen molar-refractivity contribution < 1.29 is 14.3 Å². The molecule has 0 amide bonds. The molecule has 1 aromatic carbocycles. The van der Waals surface area contributed by atoms with Gasteiger partial charge in [0.1, 0.15) is 11.8 Å². The predicted octanol–water partition coefficient (Wildman–Crippen LogP) is 2.44. The van der Waals surface area contributed by atoms with Gasteiger partial charge in [0.2, 0.25) is 0 Å². The summed E-state index contributed by atoms with van der Waals surface area (Å²) in [5.74, 6) is 0.767. The highest BCUT2D eigenvalue weighted by Crippen LogP contribution is 2.26. The van der Waals surface area contributed by atoms with E-state index in [4.69, 9.17) is 15.2 Å². The molecule has 7 heteroatoms. The fraction of sp³-hybridized carbons (Fsp3) is 0.400. The molecule has 3 rings (SSSR count). The topological polar surface area (TPSA) is 93.5 Å². The van der Waals surface area contributed by atoms with E-state index in [2.05, 4.69) is 11.9 Å². The van der Waals surface area contributed by atoms with Crippen LogP contribution in [-0.2, 0) is 4.74 Å². The number of ether oxygens (including phenoxy) is 2. The fourth-order valence-electron chi connectivity index (χ4n) is 3.26. The van der Waals surface area contributed by atoms with Crippen molar-refractivity contribution in [2.45, 2.75) is 12.8 Å². The van der Waals surface area contributed by atoms with Crippen LogP contribution in [-0.4, -0.2) is 49.3 Å². The zero-order chi connectivity index (χ0) is 19.4. The number of hydrogen-bond acceptors (Lipinski definition) is 6. The van der Waals surface area contributed by atoms with Crippen LogP contribution in [0.15, 0.2) is 30.5 Å². The highest BCUT2D eigenvalue weighted by atomic mass is 16.5. The maximum Gasteiger partial charge on any atom is 0.357 e. The van der Waals surface area contributed by atoms with Gasteiger partial charge in [-0.15, -0.1) is 0 Å². The summed E-state index contributed by atoms with van der Waals surface area (Å²) in [4.78, 5) is 14.4. The van der Waals surface area contributed by atoms with Crippen molar-refractivity contribution >= 4 is 11.7 Å². The molecule has 27 heavy (non-hydrogen) atoms. The van der Waals surface area contributed by atoms with E-state index in [-0.39, 0.29) is 16.9 Å². The van der Waals surface area contributed by atoms with E-state index in [1.807, 2.05) is 30.3 Å². The quantitative estimate of drug-likeness (QED) is 0.815. The van der Waals surface area contributed by atoms with Crippen LogP contribution in [0.25, 0.3) is 5.69 Å². The number of methoxy groups -OCH3 is 1. The summed E-state index contributed by atoms with van der Waals surface area (Å²) in [5.41, 5.74) is 7.13. The largest absolute Gasteiger partial charge is 0.493 e. The number of nitrogens with two attached hydrogens (primary N) is 1. The lowest BCUT2D eigenvalue weighted by atomic mass is 9.98. The van der Waals surface area contributed by atoms with Crippen LogP contribution in [0.2, 0.25) is 0 Å². The Hall–Kier alpha value is -2.98. The number of aromatic nitrogens is 1. The molecule has 0 spiro atoms. The maximum absolute atomic E-state index is 12.1. The molecule has 0 atom stereocenters. The van der Waals surface area contributed by atoms with Crippen molar-refractivity contribution in [1.82, 2.24) is 9.47 Å². The number of anilines is 1. The normalized spacial score (nSPS) is 15.3. The summed E-state index contributed by atoms with van der Waals surface area (Å²) in [7, 11) is 3.43. The summed E-state index contributed by atoms with van der Waals surface area (Å²) >= 11 is 0. The third-order valence-electron chi connectivity index (χ3n) is 4.98. The van der Waals surface area contributed by atoms with E-state index in [1.165, 1.54) is 13.3 Å². The molecule has 1 aliphatic heterocycles. The Morgan fingerprint density at radius 1 is 1.30 bits per heavy atom. The van der Waals surface area contributed by atoms with Gasteiger partial charge in [0, 0.05) is 11.9 Å². The lowest BCUT2D eigenvalue weighted by molar-refractivity contribution is 0.0593. The van der Waals surface area contributed by atoms with Gasteiger partial charge in [0.05, 0.1) is 25.0 Å².